The van der Waals surface area contributed by atoms with E-state index < -0.39 is 0 Å². The van der Waals surface area contributed by atoms with E-state index in [-0.39, 0.29) is 23.8 Å². The SMILES string of the molecule is COc1cc2c(cc1OCCCN1CCN(CCCN3C(=O)c4cccc5cccc(c45)C3=O)CC1)N=C[C@@H]1CCCN1C2=O. The molecule has 0 N–H and O–H groups in total. The Morgan fingerprint density at radius 2 is 1.47 bits per heavy atom. The lowest BCUT2D eigenvalue weighted by atomic mass is 9.94. The minimum absolute atomic E-state index is 0.00565. The lowest BCUT2D eigenvalue weighted by molar-refractivity contribution is 0.0596. The normalized spacial score (nSPS) is 20.0. The van der Waals surface area contributed by atoms with Gasteiger partial charge in [0.2, 0.25) is 0 Å². The number of piperazine rings is 1. The first-order valence-corrected chi connectivity index (χ1v) is 16.0. The number of aliphatic imine (C=N–C) groups is 1. The molecule has 3 amide bonds. The van der Waals surface area contributed by atoms with Gasteiger partial charge in [0.05, 0.1) is 31.0 Å². The lowest BCUT2D eigenvalue weighted by Gasteiger charge is -2.35. The average molecular weight is 610 g/mol. The van der Waals surface area contributed by atoms with Crippen LogP contribution < -0.4 is 9.47 Å². The minimum atomic E-state index is -0.193. The summed E-state index contributed by atoms with van der Waals surface area (Å²) in [7, 11) is 1.60. The zero-order chi connectivity index (χ0) is 30.9. The van der Waals surface area contributed by atoms with Gasteiger partial charge in [0.15, 0.2) is 11.5 Å². The Balaban J connectivity index is 0.855. The second-order valence-corrected chi connectivity index (χ2v) is 12.2. The Morgan fingerprint density at radius 1 is 0.778 bits per heavy atom. The monoisotopic (exact) mass is 609 g/mol. The fourth-order valence-corrected chi connectivity index (χ4v) is 7.06. The molecule has 0 aromatic heterocycles. The Hall–Kier alpha value is -4.28. The number of ether oxygens (including phenoxy) is 2. The number of fused-ring (bicyclic) bond motifs is 2. The second kappa shape index (κ2) is 12.6. The van der Waals surface area contributed by atoms with Crippen LogP contribution >= 0.6 is 0 Å². The largest absolute Gasteiger partial charge is 0.493 e. The quantitative estimate of drug-likeness (QED) is 0.251. The summed E-state index contributed by atoms with van der Waals surface area (Å²) >= 11 is 0. The van der Waals surface area contributed by atoms with Crippen LogP contribution in [0.1, 0.15) is 56.8 Å². The van der Waals surface area contributed by atoms with Crippen LogP contribution in [-0.4, -0.2) is 116 Å². The fourth-order valence-electron chi connectivity index (χ4n) is 7.06. The van der Waals surface area contributed by atoms with E-state index in [9.17, 15) is 14.4 Å². The van der Waals surface area contributed by atoms with Crippen molar-refractivity contribution in [3.63, 3.8) is 0 Å². The van der Waals surface area contributed by atoms with Gasteiger partial charge in [-0.05, 0) is 55.8 Å². The summed E-state index contributed by atoms with van der Waals surface area (Å²) in [6.45, 7) is 7.33. The van der Waals surface area contributed by atoms with Crippen molar-refractivity contribution in [2.75, 3.05) is 66.1 Å². The van der Waals surface area contributed by atoms with Gasteiger partial charge in [-0.1, -0.05) is 24.3 Å². The number of nitrogens with zero attached hydrogens (tertiary/aromatic N) is 5. The highest BCUT2D eigenvalue weighted by molar-refractivity contribution is 6.25. The number of carbonyl (C=O) groups excluding carboxylic acids is 3. The van der Waals surface area contributed by atoms with Gasteiger partial charge in [0.25, 0.3) is 17.7 Å². The Bertz CT molecular complexity index is 1610. The van der Waals surface area contributed by atoms with Gasteiger partial charge in [-0.15, -0.1) is 0 Å². The molecule has 10 heteroatoms. The van der Waals surface area contributed by atoms with E-state index in [2.05, 4.69) is 14.8 Å². The summed E-state index contributed by atoms with van der Waals surface area (Å²) in [5, 5.41) is 1.70. The third-order valence-corrected chi connectivity index (χ3v) is 9.51. The molecule has 4 aliphatic heterocycles. The van der Waals surface area contributed by atoms with Gasteiger partial charge < -0.3 is 24.2 Å². The van der Waals surface area contributed by atoms with Crippen LogP contribution in [0.25, 0.3) is 10.8 Å². The van der Waals surface area contributed by atoms with Crippen molar-refractivity contribution in [2.24, 2.45) is 4.99 Å². The van der Waals surface area contributed by atoms with Gasteiger partial charge in [-0.2, -0.15) is 0 Å². The van der Waals surface area contributed by atoms with Crippen molar-refractivity contribution in [1.29, 1.82) is 0 Å². The summed E-state index contributed by atoms with van der Waals surface area (Å²) in [6.07, 6.45) is 5.46. The molecule has 2 saturated heterocycles. The molecule has 0 unspecified atom stereocenters. The molecule has 1 atom stereocenters. The van der Waals surface area contributed by atoms with Crippen molar-refractivity contribution in [1.82, 2.24) is 19.6 Å². The van der Waals surface area contributed by atoms with Crippen molar-refractivity contribution in [3.8, 4) is 11.5 Å². The highest BCUT2D eigenvalue weighted by atomic mass is 16.5. The maximum absolute atomic E-state index is 13.2. The summed E-state index contributed by atoms with van der Waals surface area (Å²) in [6, 6.07) is 14.9. The third-order valence-electron chi connectivity index (χ3n) is 9.51. The Kier molecular flexibility index (Phi) is 8.25. The number of methoxy groups -OCH3 is 1. The standard InChI is InChI=1S/C35H39N5O5/c1-44-30-21-28-29(36-23-25-9-4-14-39(25)35(28)43)22-31(30)45-20-6-13-38-18-16-37(17-19-38)12-5-15-40-33(41)26-10-2-7-24-8-3-11-27(32(24)26)34(40)42/h2-3,7-8,10-11,21-23,25H,4-6,9,12-20H2,1H3/t25-/m0/s1. The van der Waals surface area contributed by atoms with Crippen LogP contribution in [0.2, 0.25) is 0 Å². The molecular weight excluding hydrogens is 570 g/mol. The summed E-state index contributed by atoms with van der Waals surface area (Å²) < 4.78 is 11.7. The number of rotatable bonds is 10. The number of carbonyl (C=O) groups is 3. The molecule has 0 radical (unpaired) electrons. The molecule has 0 aliphatic carbocycles. The van der Waals surface area contributed by atoms with Crippen molar-refractivity contribution in [3.05, 3.63) is 65.2 Å². The van der Waals surface area contributed by atoms with Crippen LogP contribution in [0, 0.1) is 0 Å². The zero-order valence-electron chi connectivity index (χ0n) is 25.7. The average Bonchev–Trinajstić information content (AvgIpc) is 3.50. The molecule has 45 heavy (non-hydrogen) atoms. The highest BCUT2D eigenvalue weighted by Gasteiger charge is 2.34. The first-order valence-electron chi connectivity index (χ1n) is 16.0. The molecule has 10 nitrogen and oxygen atoms in total. The second-order valence-electron chi connectivity index (χ2n) is 12.2. The van der Waals surface area contributed by atoms with Gasteiger partial charge in [-0.25, -0.2) is 0 Å². The predicted molar refractivity (Wildman–Crippen MR) is 172 cm³/mol. The number of amides is 3. The van der Waals surface area contributed by atoms with Crippen LogP contribution in [0.3, 0.4) is 0 Å². The fraction of sp³-hybridized carbons (Fsp3) is 0.429. The van der Waals surface area contributed by atoms with E-state index in [0.717, 1.165) is 82.3 Å². The maximum Gasteiger partial charge on any atom is 0.261 e. The zero-order valence-corrected chi connectivity index (χ0v) is 25.7. The molecule has 234 valence electrons. The van der Waals surface area contributed by atoms with Crippen LogP contribution in [0.5, 0.6) is 11.5 Å². The molecule has 0 bridgehead atoms. The summed E-state index contributed by atoms with van der Waals surface area (Å²) in [4.78, 5) is 52.2. The Labute approximate surface area is 263 Å². The highest BCUT2D eigenvalue weighted by Crippen LogP contribution is 2.38. The number of hydrogen-bond acceptors (Lipinski definition) is 8. The van der Waals surface area contributed by atoms with Crippen molar-refractivity contribution < 1.29 is 23.9 Å². The number of imide groups is 1. The molecule has 0 saturated carbocycles. The van der Waals surface area contributed by atoms with Crippen LogP contribution in [0.15, 0.2) is 53.5 Å². The minimum Gasteiger partial charge on any atom is -0.493 e. The summed E-state index contributed by atoms with van der Waals surface area (Å²) in [5.41, 5.74) is 2.43. The van der Waals surface area contributed by atoms with E-state index in [1.807, 2.05) is 53.6 Å². The summed E-state index contributed by atoms with van der Waals surface area (Å²) in [5.74, 6) is 0.783. The van der Waals surface area contributed by atoms with E-state index in [0.29, 0.717) is 47.0 Å². The smallest absolute Gasteiger partial charge is 0.261 e. The topological polar surface area (TPSA) is 95.0 Å². The van der Waals surface area contributed by atoms with Gasteiger partial charge in [0.1, 0.15) is 0 Å². The molecule has 0 spiro atoms. The van der Waals surface area contributed by atoms with Crippen LogP contribution in [0.4, 0.5) is 5.69 Å². The molecule has 7 rings (SSSR count). The Morgan fingerprint density at radius 3 is 2.16 bits per heavy atom. The van der Waals surface area contributed by atoms with E-state index in [1.54, 1.807) is 13.2 Å². The van der Waals surface area contributed by atoms with Crippen molar-refractivity contribution in [2.45, 2.75) is 31.7 Å². The van der Waals surface area contributed by atoms with E-state index in [4.69, 9.17) is 9.47 Å². The van der Waals surface area contributed by atoms with Crippen molar-refractivity contribution >= 4 is 40.4 Å². The predicted octanol–water partition coefficient (Wildman–Crippen LogP) is 4.24. The molecule has 3 aromatic rings. The van der Waals surface area contributed by atoms with Crippen LogP contribution in [-0.2, 0) is 0 Å². The third kappa shape index (κ3) is 5.68. The lowest BCUT2D eigenvalue weighted by Crippen LogP contribution is -2.47. The molecule has 4 aliphatic rings. The first kappa shape index (κ1) is 29.4. The molecular formula is C35H39N5O5. The van der Waals surface area contributed by atoms with E-state index in [1.165, 1.54) is 4.90 Å². The van der Waals surface area contributed by atoms with E-state index >= 15 is 0 Å². The van der Waals surface area contributed by atoms with Gasteiger partial charge in [-0.3, -0.25) is 24.3 Å². The first-order chi connectivity index (χ1) is 22.0. The molecule has 4 heterocycles. The number of benzene rings is 3. The van der Waals surface area contributed by atoms with Gasteiger partial charge in [0, 0.05) is 74.6 Å². The molecule has 2 fully saturated rings. The molecule has 3 aromatic carbocycles. The maximum atomic E-state index is 13.2. The number of hydrogen-bond donors (Lipinski definition) is 0. The van der Waals surface area contributed by atoms with Gasteiger partial charge >= 0.3 is 0 Å².